The van der Waals surface area contributed by atoms with Crippen LogP contribution >= 0.6 is 0 Å². The number of aromatic nitrogens is 3. The number of aliphatic hydroxyl groups is 1. The molecule has 0 saturated carbocycles. The molecule has 0 unspecified atom stereocenters. The largest absolute Gasteiger partial charge is 0.476 e. The number of rotatable bonds is 6. The second-order valence-electron chi connectivity index (χ2n) is 4.58. The highest BCUT2D eigenvalue weighted by atomic mass is 16.4. The molecule has 2 N–H and O–H groups in total. The van der Waals surface area contributed by atoms with Crippen molar-refractivity contribution in [3.8, 4) is 0 Å². The van der Waals surface area contributed by atoms with E-state index in [1.165, 1.54) is 6.20 Å². The lowest BCUT2D eigenvalue weighted by Crippen LogP contribution is -2.47. The molecule has 0 bridgehead atoms. The van der Waals surface area contributed by atoms with Crippen LogP contribution in [-0.2, 0) is 6.54 Å². The molecular formula is C11H19N5O3. The zero-order valence-electron chi connectivity index (χ0n) is 10.8. The first-order valence-electron chi connectivity index (χ1n) is 6.38. The van der Waals surface area contributed by atoms with E-state index in [4.69, 9.17) is 10.2 Å². The normalized spacial score (nSPS) is 17.7. The number of carboxylic acids is 1. The smallest absolute Gasteiger partial charge is 0.358 e. The number of nitrogens with zero attached hydrogens (tertiary/aromatic N) is 5. The van der Waals surface area contributed by atoms with Crippen LogP contribution < -0.4 is 0 Å². The maximum Gasteiger partial charge on any atom is 0.358 e. The minimum absolute atomic E-state index is 0.0206. The minimum Gasteiger partial charge on any atom is -0.476 e. The lowest BCUT2D eigenvalue weighted by molar-refractivity contribution is 0.0690. The van der Waals surface area contributed by atoms with Crippen molar-refractivity contribution >= 4 is 5.97 Å². The van der Waals surface area contributed by atoms with E-state index in [-0.39, 0.29) is 12.3 Å². The second-order valence-corrected chi connectivity index (χ2v) is 4.58. The van der Waals surface area contributed by atoms with E-state index in [0.29, 0.717) is 6.54 Å². The quantitative estimate of drug-likeness (QED) is 0.655. The fraction of sp³-hybridized carbons (Fsp3) is 0.727. The van der Waals surface area contributed by atoms with E-state index in [9.17, 15) is 4.79 Å². The second kappa shape index (κ2) is 6.60. The molecule has 0 aromatic carbocycles. The SMILES string of the molecule is O=C(O)c1cn(CCN2CCN(CCO)CC2)nn1. The van der Waals surface area contributed by atoms with Crippen molar-refractivity contribution in [2.45, 2.75) is 6.54 Å². The lowest BCUT2D eigenvalue weighted by atomic mass is 10.3. The summed E-state index contributed by atoms with van der Waals surface area (Å²) < 4.78 is 1.56. The average Bonchev–Trinajstić information content (AvgIpc) is 2.87. The number of carbonyl (C=O) groups is 1. The zero-order valence-corrected chi connectivity index (χ0v) is 10.8. The number of aromatic carboxylic acids is 1. The molecule has 1 aliphatic rings. The fourth-order valence-electron chi connectivity index (χ4n) is 2.13. The van der Waals surface area contributed by atoms with E-state index in [1.54, 1.807) is 4.68 Å². The molecule has 1 saturated heterocycles. The Bertz CT molecular complexity index is 414. The van der Waals surface area contributed by atoms with Crippen LogP contribution in [0.15, 0.2) is 6.20 Å². The van der Waals surface area contributed by atoms with Crippen molar-refractivity contribution in [2.24, 2.45) is 0 Å². The van der Waals surface area contributed by atoms with E-state index >= 15 is 0 Å². The first-order chi connectivity index (χ1) is 9.19. The standard InChI is InChI=1S/C11H19N5O3/c17-8-7-15-3-1-14(2-4-15)5-6-16-9-10(11(18)19)12-13-16/h9,17H,1-8H2,(H,18,19). The summed E-state index contributed by atoms with van der Waals surface area (Å²) in [6, 6.07) is 0. The number of carboxylic acid groups (broad SMARTS) is 1. The van der Waals surface area contributed by atoms with Crippen molar-refractivity contribution in [3.05, 3.63) is 11.9 Å². The van der Waals surface area contributed by atoms with Gasteiger partial charge in [0.2, 0.25) is 0 Å². The summed E-state index contributed by atoms with van der Waals surface area (Å²) in [4.78, 5) is 15.2. The first kappa shape index (κ1) is 13.9. The Morgan fingerprint density at radius 1 is 1.16 bits per heavy atom. The third-order valence-electron chi connectivity index (χ3n) is 3.28. The Labute approximate surface area is 111 Å². The highest BCUT2D eigenvalue weighted by molar-refractivity contribution is 5.84. The van der Waals surface area contributed by atoms with Crippen LogP contribution in [-0.4, -0.2) is 86.9 Å². The number of piperazine rings is 1. The highest BCUT2D eigenvalue weighted by Gasteiger charge is 2.16. The van der Waals surface area contributed by atoms with Gasteiger partial charge >= 0.3 is 5.97 Å². The van der Waals surface area contributed by atoms with Gasteiger partial charge in [-0.1, -0.05) is 5.21 Å². The maximum atomic E-state index is 10.7. The number of aliphatic hydroxyl groups excluding tert-OH is 1. The monoisotopic (exact) mass is 269 g/mol. The molecule has 0 amide bonds. The van der Waals surface area contributed by atoms with Gasteiger partial charge in [-0.05, 0) is 0 Å². The predicted molar refractivity (Wildman–Crippen MR) is 66.9 cm³/mol. The summed E-state index contributed by atoms with van der Waals surface area (Å²) in [7, 11) is 0. The topological polar surface area (TPSA) is 94.7 Å². The summed E-state index contributed by atoms with van der Waals surface area (Å²) in [5, 5.41) is 25.0. The third-order valence-corrected chi connectivity index (χ3v) is 3.28. The van der Waals surface area contributed by atoms with Crippen molar-refractivity contribution in [2.75, 3.05) is 45.9 Å². The van der Waals surface area contributed by atoms with Gasteiger partial charge in [-0.2, -0.15) is 0 Å². The molecule has 1 aliphatic heterocycles. The van der Waals surface area contributed by atoms with Gasteiger partial charge in [0.05, 0.1) is 19.3 Å². The van der Waals surface area contributed by atoms with E-state index in [2.05, 4.69) is 20.1 Å². The molecular weight excluding hydrogens is 250 g/mol. The van der Waals surface area contributed by atoms with Crippen molar-refractivity contribution in [1.29, 1.82) is 0 Å². The molecule has 0 spiro atoms. The van der Waals surface area contributed by atoms with Crippen LogP contribution in [0.3, 0.4) is 0 Å². The first-order valence-corrected chi connectivity index (χ1v) is 6.38. The van der Waals surface area contributed by atoms with Crippen LogP contribution in [0.25, 0.3) is 0 Å². The Balaban J connectivity index is 1.72. The average molecular weight is 269 g/mol. The Morgan fingerprint density at radius 3 is 2.32 bits per heavy atom. The minimum atomic E-state index is -1.05. The summed E-state index contributed by atoms with van der Waals surface area (Å²) in [6.07, 6.45) is 1.45. The molecule has 106 valence electrons. The summed E-state index contributed by atoms with van der Waals surface area (Å²) >= 11 is 0. The van der Waals surface area contributed by atoms with Gasteiger partial charge in [-0.15, -0.1) is 5.10 Å². The van der Waals surface area contributed by atoms with Crippen LogP contribution in [0.5, 0.6) is 0 Å². The van der Waals surface area contributed by atoms with Gasteiger partial charge in [0, 0.05) is 39.3 Å². The predicted octanol–water partition coefficient (Wildman–Crippen LogP) is -1.41. The Hall–Kier alpha value is -1.51. The molecule has 8 heteroatoms. The summed E-state index contributed by atoms with van der Waals surface area (Å²) in [5.41, 5.74) is -0.0206. The number of hydrogen-bond donors (Lipinski definition) is 2. The van der Waals surface area contributed by atoms with Crippen molar-refractivity contribution < 1.29 is 15.0 Å². The molecule has 1 aromatic rings. The number of hydrogen-bond acceptors (Lipinski definition) is 6. The zero-order chi connectivity index (χ0) is 13.7. The van der Waals surface area contributed by atoms with Crippen molar-refractivity contribution in [3.63, 3.8) is 0 Å². The van der Waals surface area contributed by atoms with Crippen LogP contribution in [0.1, 0.15) is 10.5 Å². The highest BCUT2D eigenvalue weighted by Crippen LogP contribution is 2.01. The molecule has 1 aromatic heterocycles. The van der Waals surface area contributed by atoms with Crippen LogP contribution in [0.2, 0.25) is 0 Å². The Kier molecular flexibility index (Phi) is 4.83. The number of β-amino-alcohol motifs (C(OH)–C–C–N with tert-alkyl or cyclic N) is 1. The van der Waals surface area contributed by atoms with Gasteiger partial charge in [0.15, 0.2) is 5.69 Å². The molecule has 19 heavy (non-hydrogen) atoms. The van der Waals surface area contributed by atoms with E-state index in [0.717, 1.165) is 39.3 Å². The fourth-order valence-corrected chi connectivity index (χ4v) is 2.13. The van der Waals surface area contributed by atoms with Gasteiger partial charge in [0.1, 0.15) is 0 Å². The van der Waals surface area contributed by atoms with Crippen LogP contribution in [0, 0.1) is 0 Å². The van der Waals surface area contributed by atoms with E-state index < -0.39 is 5.97 Å². The Morgan fingerprint density at radius 2 is 1.79 bits per heavy atom. The molecule has 2 rings (SSSR count). The molecule has 8 nitrogen and oxygen atoms in total. The van der Waals surface area contributed by atoms with Crippen LogP contribution in [0.4, 0.5) is 0 Å². The van der Waals surface area contributed by atoms with Crippen molar-refractivity contribution in [1.82, 2.24) is 24.8 Å². The molecule has 1 fully saturated rings. The van der Waals surface area contributed by atoms with Gasteiger partial charge in [-0.25, -0.2) is 4.79 Å². The van der Waals surface area contributed by atoms with Gasteiger partial charge < -0.3 is 10.2 Å². The summed E-state index contributed by atoms with van der Waals surface area (Å²) in [5.74, 6) is -1.05. The molecule has 0 aliphatic carbocycles. The lowest BCUT2D eigenvalue weighted by Gasteiger charge is -2.34. The summed E-state index contributed by atoms with van der Waals surface area (Å²) in [6.45, 7) is 6.24. The van der Waals surface area contributed by atoms with Gasteiger partial charge in [-0.3, -0.25) is 14.5 Å². The van der Waals surface area contributed by atoms with Gasteiger partial charge in [0.25, 0.3) is 0 Å². The molecule has 0 atom stereocenters. The molecule has 2 heterocycles. The molecule has 0 radical (unpaired) electrons. The third kappa shape index (κ3) is 3.98. The maximum absolute atomic E-state index is 10.7. The van der Waals surface area contributed by atoms with E-state index in [1.807, 2.05) is 0 Å².